The molecule has 0 aliphatic rings. The van der Waals surface area contributed by atoms with Gasteiger partial charge in [-0.15, -0.1) is 0 Å². The first-order chi connectivity index (χ1) is 11.9. The van der Waals surface area contributed by atoms with Crippen molar-refractivity contribution in [3.8, 4) is 5.75 Å². The van der Waals surface area contributed by atoms with Crippen molar-refractivity contribution in [2.24, 2.45) is 0 Å². The van der Waals surface area contributed by atoms with Crippen LogP contribution in [0.15, 0.2) is 24.3 Å². The summed E-state index contributed by atoms with van der Waals surface area (Å²) in [7, 11) is 3.98. The second kappa shape index (κ2) is 11.5. The molecule has 0 spiro atoms. The summed E-state index contributed by atoms with van der Waals surface area (Å²) in [6, 6.07) is 7.57. The largest absolute Gasteiger partial charge is 0.484 e. The highest BCUT2D eigenvalue weighted by Crippen LogP contribution is 2.11. The minimum atomic E-state index is -0.285. The van der Waals surface area contributed by atoms with Crippen molar-refractivity contribution < 1.29 is 19.1 Å². The van der Waals surface area contributed by atoms with Gasteiger partial charge < -0.3 is 19.3 Å². The molecule has 0 saturated heterocycles. The van der Waals surface area contributed by atoms with E-state index in [-0.39, 0.29) is 24.9 Å². The van der Waals surface area contributed by atoms with Crippen LogP contribution in [0.5, 0.6) is 5.75 Å². The second-order valence-corrected chi connectivity index (χ2v) is 6.19. The quantitative estimate of drug-likeness (QED) is 0.572. The van der Waals surface area contributed by atoms with Crippen LogP contribution in [0.4, 0.5) is 0 Å². The molecule has 25 heavy (non-hydrogen) atoms. The van der Waals surface area contributed by atoms with E-state index < -0.39 is 0 Å². The van der Waals surface area contributed by atoms with E-state index in [4.69, 9.17) is 9.47 Å². The van der Waals surface area contributed by atoms with Gasteiger partial charge in [0.2, 0.25) is 0 Å². The minimum Gasteiger partial charge on any atom is -0.484 e. The van der Waals surface area contributed by atoms with E-state index in [2.05, 4.69) is 4.90 Å². The lowest BCUT2D eigenvalue weighted by molar-refractivity contribution is -0.144. The second-order valence-electron chi connectivity index (χ2n) is 6.19. The standard InChI is InChI=1S/C19H30N2O4/c1-5-24-19(23)11-14-21(13-6-12-20(3)4)18(22)15-25-17-9-7-16(2)8-10-17/h7-10H,5-6,11-15H2,1-4H3. The molecule has 0 saturated carbocycles. The maximum atomic E-state index is 12.5. The summed E-state index contributed by atoms with van der Waals surface area (Å²) in [5, 5.41) is 0. The summed E-state index contributed by atoms with van der Waals surface area (Å²) in [4.78, 5) is 27.8. The van der Waals surface area contributed by atoms with Gasteiger partial charge in [-0.2, -0.15) is 0 Å². The lowest BCUT2D eigenvalue weighted by atomic mass is 10.2. The third-order valence-corrected chi connectivity index (χ3v) is 3.66. The molecule has 0 heterocycles. The van der Waals surface area contributed by atoms with Crippen molar-refractivity contribution in [3.63, 3.8) is 0 Å². The van der Waals surface area contributed by atoms with E-state index in [1.165, 1.54) is 0 Å². The molecule has 0 atom stereocenters. The summed E-state index contributed by atoms with van der Waals surface area (Å²) in [5.74, 6) is 0.258. The Morgan fingerprint density at radius 3 is 2.32 bits per heavy atom. The number of hydrogen-bond acceptors (Lipinski definition) is 5. The Morgan fingerprint density at radius 2 is 1.72 bits per heavy atom. The summed E-state index contributed by atoms with van der Waals surface area (Å²) in [6.45, 7) is 5.90. The number of amides is 1. The number of esters is 1. The number of ether oxygens (including phenoxy) is 2. The number of carbonyl (C=O) groups is 2. The summed E-state index contributed by atoms with van der Waals surface area (Å²) in [6.07, 6.45) is 1.04. The molecule has 1 aromatic carbocycles. The molecule has 0 aliphatic carbocycles. The van der Waals surface area contributed by atoms with Gasteiger partial charge in [0, 0.05) is 13.1 Å². The van der Waals surface area contributed by atoms with Crippen LogP contribution < -0.4 is 4.74 Å². The van der Waals surface area contributed by atoms with Crippen LogP contribution in [-0.4, -0.2) is 68.6 Å². The molecule has 140 valence electrons. The predicted molar refractivity (Wildman–Crippen MR) is 97.7 cm³/mol. The molecular weight excluding hydrogens is 320 g/mol. The maximum absolute atomic E-state index is 12.5. The molecular formula is C19H30N2O4. The topological polar surface area (TPSA) is 59.1 Å². The smallest absolute Gasteiger partial charge is 0.307 e. The third-order valence-electron chi connectivity index (χ3n) is 3.66. The molecule has 0 bridgehead atoms. The molecule has 0 N–H and O–H groups in total. The Kier molecular flexibility index (Phi) is 9.62. The summed E-state index contributed by atoms with van der Waals surface area (Å²) in [5.41, 5.74) is 1.14. The number of carbonyl (C=O) groups excluding carboxylic acids is 2. The Balaban J connectivity index is 2.53. The molecule has 1 amide bonds. The van der Waals surface area contributed by atoms with Crippen molar-refractivity contribution in [1.29, 1.82) is 0 Å². The van der Waals surface area contributed by atoms with Gasteiger partial charge >= 0.3 is 5.97 Å². The minimum absolute atomic E-state index is 0.0339. The molecule has 0 aliphatic heterocycles. The fraction of sp³-hybridized carbons (Fsp3) is 0.579. The van der Waals surface area contributed by atoms with E-state index in [1.807, 2.05) is 45.3 Å². The molecule has 6 nitrogen and oxygen atoms in total. The van der Waals surface area contributed by atoms with Crippen molar-refractivity contribution in [1.82, 2.24) is 9.80 Å². The number of hydrogen-bond donors (Lipinski definition) is 0. The highest BCUT2D eigenvalue weighted by atomic mass is 16.5. The Bertz CT molecular complexity index is 529. The number of benzene rings is 1. The van der Waals surface area contributed by atoms with Crippen molar-refractivity contribution in [2.45, 2.75) is 26.7 Å². The first kappa shape index (κ1) is 21.0. The molecule has 1 rings (SSSR count). The SMILES string of the molecule is CCOC(=O)CCN(CCCN(C)C)C(=O)COc1ccc(C)cc1. The zero-order chi connectivity index (χ0) is 18.7. The zero-order valence-electron chi connectivity index (χ0n) is 15.8. The van der Waals surface area contributed by atoms with E-state index >= 15 is 0 Å². The molecule has 0 radical (unpaired) electrons. The van der Waals surface area contributed by atoms with Crippen LogP contribution in [0.1, 0.15) is 25.3 Å². The highest BCUT2D eigenvalue weighted by Gasteiger charge is 2.16. The predicted octanol–water partition coefficient (Wildman–Crippen LogP) is 2.11. The zero-order valence-corrected chi connectivity index (χ0v) is 15.8. The third kappa shape index (κ3) is 9.10. The number of aryl methyl sites for hydroxylation is 1. The molecule has 6 heteroatoms. The Morgan fingerprint density at radius 1 is 1.04 bits per heavy atom. The van der Waals surface area contributed by atoms with Crippen LogP contribution in [0.2, 0.25) is 0 Å². The van der Waals surface area contributed by atoms with Crippen molar-refractivity contribution in [3.05, 3.63) is 29.8 Å². The van der Waals surface area contributed by atoms with Gasteiger partial charge in [0.1, 0.15) is 5.75 Å². The number of nitrogens with zero attached hydrogens (tertiary/aromatic N) is 2. The molecule has 1 aromatic rings. The first-order valence-corrected chi connectivity index (χ1v) is 8.70. The van der Waals surface area contributed by atoms with Gasteiger partial charge in [-0.25, -0.2) is 0 Å². The first-order valence-electron chi connectivity index (χ1n) is 8.70. The Hall–Kier alpha value is -2.08. The lowest BCUT2D eigenvalue weighted by Crippen LogP contribution is -2.38. The highest BCUT2D eigenvalue weighted by molar-refractivity contribution is 5.78. The fourth-order valence-corrected chi connectivity index (χ4v) is 2.27. The maximum Gasteiger partial charge on any atom is 0.307 e. The van der Waals surface area contributed by atoms with Gasteiger partial charge in [-0.3, -0.25) is 9.59 Å². The van der Waals surface area contributed by atoms with Gasteiger partial charge in [0.25, 0.3) is 5.91 Å². The average molecular weight is 350 g/mol. The van der Waals surface area contributed by atoms with Gasteiger partial charge in [0.15, 0.2) is 6.61 Å². The lowest BCUT2D eigenvalue weighted by Gasteiger charge is -2.23. The van der Waals surface area contributed by atoms with Gasteiger partial charge in [-0.05, 0) is 53.0 Å². The number of rotatable bonds is 11. The van der Waals surface area contributed by atoms with Crippen LogP contribution >= 0.6 is 0 Å². The molecule has 0 aromatic heterocycles. The van der Waals surface area contributed by atoms with Crippen LogP contribution in [0.3, 0.4) is 0 Å². The van der Waals surface area contributed by atoms with E-state index in [1.54, 1.807) is 11.8 Å². The summed E-state index contributed by atoms with van der Waals surface area (Å²) >= 11 is 0. The average Bonchev–Trinajstić information content (AvgIpc) is 2.57. The monoisotopic (exact) mass is 350 g/mol. The van der Waals surface area contributed by atoms with Gasteiger partial charge in [-0.1, -0.05) is 17.7 Å². The van der Waals surface area contributed by atoms with Crippen LogP contribution in [0.25, 0.3) is 0 Å². The molecule has 0 fully saturated rings. The van der Waals surface area contributed by atoms with Crippen molar-refractivity contribution in [2.75, 3.05) is 46.9 Å². The van der Waals surface area contributed by atoms with Crippen LogP contribution in [-0.2, 0) is 14.3 Å². The van der Waals surface area contributed by atoms with Crippen LogP contribution in [0, 0.1) is 6.92 Å². The van der Waals surface area contributed by atoms with Crippen molar-refractivity contribution >= 4 is 11.9 Å². The van der Waals surface area contributed by atoms with Gasteiger partial charge in [0.05, 0.1) is 13.0 Å². The normalized spacial score (nSPS) is 10.6. The fourth-order valence-electron chi connectivity index (χ4n) is 2.27. The summed E-state index contributed by atoms with van der Waals surface area (Å²) < 4.78 is 10.5. The molecule has 0 unspecified atom stereocenters. The van der Waals surface area contributed by atoms with E-state index in [0.29, 0.717) is 25.4 Å². The van der Waals surface area contributed by atoms with E-state index in [9.17, 15) is 9.59 Å². The Labute approximate surface area is 150 Å². The van der Waals surface area contributed by atoms with E-state index in [0.717, 1.165) is 18.5 Å².